The molecular formula is C20H23N3O2. The molecule has 0 bridgehead atoms. The molecule has 0 aliphatic rings. The van der Waals surface area contributed by atoms with Crippen LogP contribution in [0.1, 0.15) is 43.6 Å². The van der Waals surface area contributed by atoms with Gasteiger partial charge in [-0.3, -0.25) is 0 Å². The molecule has 0 heterocycles. The average molecular weight is 337 g/mol. The zero-order chi connectivity index (χ0) is 19.0. The Kier molecular flexibility index (Phi) is 6.96. The van der Waals surface area contributed by atoms with Crippen LogP contribution in [0.15, 0.2) is 42.6 Å². The normalized spacial score (nSPS) is 11.2. The number of carbonyl (C=O) groups is 1. The number of hydrogen-bond donors (Lipinski definition) is 0. The van der Waals surface area contributed by atoms with Crippen molar-refractivity contribution < 1.29 is 9.53 Å². The predicted octanol–water partition coefficient (Wildman–Crippen LogP) is 3.91. The van der Waals surface area contributed by atoms with E-state index in [4.69, 9.17) is 15.3 Å². The molecule has 5 heteroatoms. The molecule has 0 amide bonds. The van der Waals surface area contributed by atoms with E-state index in [9.17, 15) is 4.79 Å². The van der Waals surface area contributed by atoms with Crippen molar-refractivity contribution >= 4 is 11.5 Å². The van der Waals surface area contributed by atoms with Crippen LogP contribution in [0.25, 0.3) is 5.57 Å². The molecule has 0 saturated carbocycles. The largest absolute Gasteiger partial charge is 0.456 e. The Labute approximate surface area is 149 Å². The monoisotopic (exact) mass is 337 g/mol. The van der Waals surface area contributed by atoms with E-state index in [1.165, 1.54) is 0 Å². The lowest BCUT2D eigenvalue weighted by Gasteiger charge is -2.22. The molecule has 25 heavy (non-hydrogen) atoms. The first-order valence-electron chi connectivity index (χ1n) is 7.91. The molecule has 0 spiro atoms. The minimum atomic E-state index is -0.542. The number of rotatable bonds is 6. The molecule has 0 aliphatic heterocycles. The van der Waals surface area contributed by atoms with E-state index in [0.29, 0.717) is 12.1 Å². The van der Waals surface area contributed by atoms with Gasteiger partial charge in [0.1, 0.15) is 23.9 Å². The number of allylic oxidation sites excluding steroid dienone is 2. The summed E-state index contributed by atoms with van der Waals surface area (Å²) >= 11 is 0. The van der Waals surface area contributed by atoms with E-state index in [1.807, 2.05) is 58.0 Å². The number of carbonyl (C=O) groups excluding carboxylic acids is 1. The van der Waals surface area contributed by atoms with Gasteiger partial charge in [0.15, 0.2) is 0 Å². The zero-order valence-electron chi connectivity index (χ0n) is 15.2. The summed E-state index contributed by atoms with van der Waals surface area (Å²) < 4.78 is 5.35. The molecule has 1 aromatic carbocycles. The van der Waals surface area contributed by atoms with E-state index in [0.717, 1.165) is 11.1 Å². The summed E-state index contributed by atoms with van der Waals surface area (Å²) in [5, 5.41) is 17.9. The molecule has 1 aromatic rings. The molecule has 0 fully saturated rings. The van der Waals surface area contributed by atoms with Crippen LogP contribution in [0.5, 0.6) is 0 Å². The van der Waals surface area contributed by atoms with Gasteiger partial charge >= 0.3 is 5.97 Å². The maximum atomic E-state index is 12.1. The highest BCUT2D eigenvalue weighted by Crippen LogP contribution is 2.20. The second-order valence-corrected chi connectivity index (χ2v) is 6.47. The predicted molar refractivity (Wildman–Crippen MR) is 97.2 cm³/mol. The van der Waals surface area contributed by atoms with Gasteiger partial charge in [-0.15, -0.1) is 0 Å². The summed E-state index contributed by atoms with van der Waals surface area (Å²) in [4.78, 5) is 13.7. The smallest absolute Gasteiger partial charge is 0.338 e. The highest BCUT2D eigenvalue weighted by Gasteiger charge is 2.18. The van der Waals surface area contributed by atoms with Gasteiger partial charge in [0.05, 0.1) is 11.6 Å². The Hall–Kier alpha value is -3.05. The third-order valence-electron chi connectivity index (χ3n) is 3.37. The van der Waals surface area contributed by atoms with Gasteiger partial charge in [0, 0.05) is 6.54 Å². The zero-order valence-corrected chi connectivity index (χ0v) is 15.2. The Morgan fingerprint density at radius 1 is 1.24 bits per heavy atom. The maximum Gasteiger partial charge on any atom is 0.338 e. The van der Waals surface area contributed by atoms with Gasteiger partial charge < -0.3 is 9.64 Å². The van der Waals surface area contributed by atoms with Crippen molar-refractivity contribution in [1.29, 1.82) is 10.5 Å². The molecule has 130 valence electrons. The van der Waals surface area contributed by atoms with Gasteiger partial charge in [-0.05, 0) is 51.0 Å². The Bertz CT molecular complexity index is 741. The highest BCUT2D eigenvalue weighted by molar-refractivity contribution is 5.90. The number of nitriles is 2. The lowest BCUT2D eigenvalue weighted by molar-refractivity contribution is 0.00695. The Balaban J connectivity index is 2.95. The highest BCUT2D eigenvalue weighted by atomic mass is 16.6. The number of benzene rings is 1. The topological polar surface area (TPSA) is 77.1 Å². The van der Waals surface area contributed by atoms with Crippen molar-refractivity contribution in [2.24, 2.45) is 0 Å². The number of nitrogens with zero attached hydrogens (tertiary/aromatic N) is 3. The van der Waals surface area contributed by atoms with Crippen LogP contribution in [-0.2, 0) is 4.74 Å². The first kappa shape index (κ1) is 20.0. The maximum absolute atomic E-state index is 12.1. The molecule has 0 saturated heterocycles. The van der Waals surface area contributed by atoms with Gasteiger partial charge in [-0.1, -0.05) is 24.8 Å². The molecule has 0 radical (unpaired) electrons. The third kappa shape index (κ3) is 6.16. The van der Waals surface area contributed by atoms with Gasteiger partial charge in [-0.2, -0.15) is 10.5 Å². The molecule has 0 unspecified atom stereocenters. The van der Waals surface area contributed by atoms with Crippen LogP contribution >= 0.6 is 0 Å². The second-order valence-electron chi connectivity index (χ2n) is 6.47. The molecule has 5 nitrogen and oxygen atoms in total. The van der Waals surface area contributed by atoms with Crippen molar-refractivity contribution in [3.05, 3.63) is 53.7 Å². The van der Waals surface area contributed by atoms with Crippen LogP contribution in [0.3, 0.4) is 0 Å². The Morgan fingerprint density at radius 2 is 1.80 bits per heavy atom. The molecule has 1 rings (SSSR count). The quantitative estimate of drug-likeness (QED) is 0.447. The lowest BCUT2D eigenvalue weighted by atomic mass is 10.0. The van der Waals surface area contributed by atoms with E-state index < -0.39 is 5.60 Å². The van der Waals surface area contributed by atoms with Crippen molar-refractivity contribution in [3.63, 3.8) is 0 Å². The minimum Gasteiger partial charge on any atom is -0.456 e. The number of ether oxygens (including phenoxy) is 1. The average Bonchev–Trinajstić information content (AvgIpc) is 2.56. The SMILES string of the molecule is C=C(C#N)N(CC#N)C/C(=C/C)c1ccc(C(=O)OC(C)(C)C)cc1. The number of hydrogen-bond acceptors (Lipinski definition) is 5. The first-order valence-corrected chi connectivity index (χ1v) is 7.91. The molecule has 0 aliphatic carbocycles. The van der Waals surface area contributed by atoms with Gasteiger partial charge in [-0.25, -0.2) is 4.79 Å². The summed E-state index contributed by atoms with van der Waals surface area (Å²) in [6, 6.07) is 11.1. The number of esters is 1. The second kappa shape index (κ2) is 8.70. The van der Waals surface area contributed by atoms with Crippen LogP contribution < -0.4 is 0 Å². The Morgan fingerprint density at radius 3 is 2.24 bits per heavy atom. The summed E-state index contributed by atoms with van der Waals surface area (Å²) in [5.74, 6) is -0.370. The third-order valence-corrected chi connectivity index (χ3v) is 3.37. The summed E-state index contributed by atoms with van der Waals surface area (Å²) in [6.07, 6.45) is 1.91. The summed E-state index contributed by atoms with van der Waals surface area (Å²) in [7, 11) is 0. The van der Waals surface area contributed by atoms with E-state index in [-0.39, 0.29) is 18.2 Å². The fourth-order valence-electron chi connectivity index (χ4n) is 2.12. The fraction of sp³-hybridized carbons (Fsp3) is 0.350. The fourth-order valence-corrected chi connectivity index (χ4v) is 2.12. The van der Waals surface area contributed by atoms with E-state index in [2.05, 4.69) is 6.58 Å². The van der Waals surface area contributed by atoms with Crippen LogP contribution in [0, 0.1) is 22.7 Å². The molecule has 0 N–H and O–H groups in total. The van der Waals surface area contributed by atoms with Crippen molar-refractivity contribution in [3.8, 4) is 12.1 Å². The van der Waals surface area contributed by atoms with Crippen LogP contribution in [0.4, 0.5) is 0 Å². The molecular weight excluding hydrogens is 314 g/mol. The van der Waals surface area contributed by atoms with Crippen LogP contribution in [-0.4, -0.2) is 29.6 Å². The summed E-state index contributed by atoms with van der Waals surface area (Å²) in [6.45, 7) is 11.5. The lowest BCUT2D eigenvalue weighted by Crippen LogP contribution is -2.24. The molecule has 0 aromatic heterocycles. The van der Waals surface area contributed by atoms with E-state index in [1.54, 1.807) is 17.0 Å². The van der Waals surface area contributed by atoms with Crippen molar-refractivity contribution in [2.75, 3.05) is 13.1 Å². The van der Waals surface area contributed by atoms with E-state index >= 15 is 0 Å². The molecule has 0 atom stereocenters. The summed E-state index contributed by atoms with van der Waals surface area (Å²) in [5.41, 5.74) is 2.02. The van der Waals surface area contributed by atoms with Crippen molar-refractivity contribution in [1.82, 2.24) is 4.90 Å². The minimum absolute atomic E-state index is 0.0831. The van der Waals surface area contributed by atoms with Gasteiger partial charge in [0.2, 0.25) is 0 Å². The standard InChI is InChI=1S/C20H23N3O2/c1-6-16(14-23(12-11-21)15(2)13-22)17-7-9-18(10-8-17)19(24)25-20(3,4)5/h6-10H,2,12,14H2,1,3-5H3/b16-6-. The first-order chi connectivity index (χ1) is 11.7. The van der Waals surface area contributed by atoms with Gasteiger partial charge in [0.25, 0.3) is 0 Å². The van der Waals surface area contributed by atoms with Crippen LogP contribution in [0.2, 0.25) is 0 Å². The van der Waals surface area contributed by atoms with Crippen molar-refractivity contribution in [2.45, 2.75) is 33.3 Å².